The maximum absolute atomic E-state index is 13.3. The van der Waals surface area contributed by atoms with Gasteiger partial charge in [0.05, 0.1) is 5.92 Å². The number of hydrogen-bond donors (Lipinski definition) is 2. The van der Waals surface area contributed by atoms with Crippen LogP contribution >= 0.6 is 0 Å². The molecule has 6 rings (SSSR count). The fraction of sp³-hybridized carbons (Fsp3) is 0.909. The predicted octanol–water partition coefficient (Wildman–Crippen LogP) is 1.17. The Hall–Kier alpha value is -1.14. The third-order valence-electron chi connectivity index (χ3n) is 9.52. The summed E-state index contributed by atoms with van der Waals surface area (Å²) in [5.74, 6) is 2.61. The standard InChI is InChI=1S/C22H32N2O4/c1-10-5-6-16-18-11(10)3-2-4-12(18)14-8-24-17(19(14)23-16)7-13-15(21(24)26)9-28-22(27)20(13)25/h10-20,23,25H,2-9H2,1H3. The SMILES string of the molecule is CC1CCC2NC3C(CN4C(=O)C5COC(=O)C(O)C5CC34)C3CCCC1C23. The van der Waals surface area contributed by atoms with E-state index in [0.717, 1.165) is 36.6 Å². The van der Waals surface area contributed by atoms with E-state index in [0.29, 0.717) is 18.0 Å². The van der Waals surface area contributed by atoms with Gasteiger partial charge in [0.15, 0.2) is 6.10 Å². The first-order valence-electron chi connectivity index (χ1n) is 11.5. The van der Waals surface area contributed by atoms with Crippen LogP contribution in [-0.2, 0) is 14.3 Å². The Morgan fingerprint density at radius 3 is 2.75 bits per heavy atom. The molecule has 11 atom stereocenters. The van der Waals surface area contributed by atoms with Crippen molar-refractivity contribution < 1.29 is 19.4 Å². The molecule has 4 aliphatic heterocycles. The first-order valence-corrected chi connectivity index (χ1v) is 11.5. The van der Waals surface area contributed by atoms with Gasteiger partial charge in [0.25, 0.3) is 0 Å². The van der Waals surface area contributed by atoms with Crippen LogP contribution in [0.25, 0.3) is 0 Å². The van der Waals surface area contributed by atoms with Crippen LogP contribution in [0.5, 0.6) is 0 Å². The normalized spacial score (nSPS) is 54.9. The number of carbonyl (C=O) groups excluding carboxylic acids is 2. The topological polar surface area (TPSA) is 78.9 Å². The second kappa shape index (κ2) is 6.18. The molecule has 2 N–H and O–H groups in total. The summed E-state index contributed by atoms with van der Waals surface area (Å²) in [6.07, 6.45) is 6.16. The first kappa shape index (κ1) is 17.7. The number of ether oxygens (including phenoxy) is 1. The van der Waals surface area contributed by atoms with Gasteiger partial charge in [-0.1, -0.05) is 13.3 Å². The fourth-order valence-electron chi connectivity index (χ4n) is 8.28. The van der Waals surface area contributed by atoms with E-state index >= 15 is 0 Å². The van der Waals surface area contributed by atoms with E-state index in [1.165, 1.54) is 32.1 Å². The quantitative estimate of drug-likeness (QED) is 0.609. The largest absolute Gasteiger partial charge is 0.463 e. The Balaban J connectivity index is 1.32. The molecule has 0 aromatic rings. The van der Waals surface area contributed by atoms with Crippen LogP contribution in [0.3, 0.4) is 0 Å². The number of amides is 1. The zero-order valence-electron chi connectivity index (χ0n) is 16.6. The highest BCUT2D eigenvalue weighted by Crippen LogP contribution is 2.55. The summed E-state index contributed by atoms with van der Waals surface area (Å²) in [6.45, 7) is 3.43. The van der Waals surface area contributed by atoms with E-state index in [4.69, 9.17) is 4.74 Å². The zero-order chi connectivity index (χ0) is 19.2. The van der Waals surface area contributed by atoms with Crippen LogP contribution in [0.1, 0.15) is 45.4 Å². The van der Waals surface area contributed by atoms with Crippen molar-refractivity contribution in [1.29, 1.82) is 0 Å². The molecule has 1 amide bonds. The number of rotatable bonds is 0. The van der Waals surface area contributed by atoms with Gasteiger partial charge in [-0.3, -0.25) is 4.79 Å². The predicted molar refractivity (Wildman–Crippen MR) is 101 cm³/mol. The molecule has 6 nitrogen and oxygen atoms in total. The van der Waals surface area contributed by atoms with E-state index in [2.05, 4.69) is 17.1 Å². The van der Waals surface area contributed by atoms with E-state index in [1.807, 2.05) is 0 Å². The average Bonchev–Trinajstić information content (AvgIpc) is 3.07. The maximum atomic E-state index is 13.3. The third-order valence-corrected chi connectivity index (χ3v) is 9.52. The van der Waals surface area contributed by atoms with E-state index in [9.17, 15) is 14.7 Å². The number of hydrogen-bond acceptors (Lipinski definition) is 5. The summed E-state index contributed by atoms with van der Waals surface area (Å²) in [5.41, 5.74) is 0. The van der Waals surface area contributed by atoms with Gasteiger partial charge in [-0.15, -0.1) is 0 Å². The number of aliphatic hydroxyl groups is 1. The third kappa shape index (κ3) is 2.28. The molecule has 0 bridgehead atoms. The van der Waals surface area contributed by atoms with E-state index < -0.39 is 12.1 Å². The van der Waals surface area contributed by atoms with Crippen molar-refractivity contribution >= 4 is 11.9 Å². The van der Waals surface area contributed by atoms with Gasteiger partial charge < -0.3 is 20.1 Å². The van der Waals surface area contributed by atoms with E-state index in [-0.39, 0.29) is 30.4 Å². The lowest BCUT2D eigenvalue weighted by atomic mass is 9.54. The Kier molecular flexibility index (Phi) is 3.90. The van der Waals surface area contributed by atoms with Crippen molar-refractivity contribution in [3.8, 4) is 0 Å². The Morgan fingerprint density at radius 1 is 1.07 bits per heavy atom. The molecule has 11 unspecified atom stereocenters. The van der Waals surface area contributed by atoms with Crippen LogP contribution < -0.4 is 5.32 Å². The van der Waals surface area contributed by atoms with Gasteiger partial charge in [0, 0.05) is 30.6 Å². The number of fused-ring (bicyclic) bond motifs is 5. The highest BCUT2D eigenvalue weighted by molar-refractivity contribution is 5.85. The van der Waals surface area contributed by atoms with Crippen molar-refractivity contribution in [2.24, 2.45) is 41.4 Å². The molecule has 4 heterocycles. The molecular formula is C22H32N2O4. The molecule has 0 aromatic heterocycles. The van der Waals surface area contributed by atoms with Crippen LogP contribution in [0.15, 0.2) is 0 Å². The highest BCUT2D eigenvalue weighted by Gasteiger charge is 2.61. The second-order valence-corrected chi connectivity index (χ2v) is 10.5. The van der Waals surface area contributed by atoms with Crippen molar-refractivity contribution in [2.45, 2.75) is 69.7 Å². The molecule has 2 saturated carbocycles. The smallest absolute Gasteiger partial charge is 0.335 e. The molecule has 0 aromatic carbocycles. The molecule has 0 radical (unpaired) electrons. The van der Waals surface area contributed by atoms with Crippen molar-refractivity contribution in [3.63, 3.8) is 0 Å². The summed E-state index contributed by atoms with van der Waals surface area (Å²) < 4.78 is 5.10. The molecule has 6 fully saturated rings. The number of nitrogens with zero attached hydrogens (tertiary/aromatic N) is 1. The van der Waals surface area contributed by atoms with Gasteiger partial charge >= 0.3 is 5.97 Å². The minimum absolute atomic E-state index is 0.104. The molecule has 0 spiro atoms. The van der Waals surface area contributed by atoms with Crippen molar-refractivity contribution in [3.05, 3.63) is 0 Å². The Bertz CT molecular complexity index is 698. The molecule has 6 aliphatic rings. The summed E-state index contributed by atoms with van der Waals surface area (Å²) in [5, 5.41) is 14.4. The van der Waals surface area contributed by atoms with Gasteiger partial charge in [-0.2, -0.15) is 0 Å². The number of nitrogens with one attached hydrogen (secondary N) is 1. The molecule has 2 aliphatic carbocycles. The van der Waals surface area contributed by atoms with Crippen LogP contribution in [0.4, 0.5) is 0 Å². The lowest BCUT2D eigenvalue weighted by Gasteiger charge is -2.56. The summed E-state index contributed by atoms with van der Waals surface area (Å²) in [4.78, 5) is 27.2. The highest BCUT2D eigenvalue weighted by atomic mass is 16.5. The van der Waals surface area contributed by atoms with Crippen LogP contribution in [0, 0.1) is 41.4 Å². The average molecular weight is 389 g/mol. The lowest BCUT2D eigenvalue weighted by molar-refractivity contribution is -0.180. The number of esters is 1. The molecule has 28 heavy (non-hydrogen) atoms. The summed E-state index contributed by atoms with van der Waals surface area (Å²) >= 11 is 0. The molecular weight excluding hydrogens is 356 g/mol. The minimum Gasteiger partial charge on any atom is -0.463 e. The van der Waals surface area contributed by atoms with Gasteiger partial charge in [0.2, 0.25) is 5.91 Å². The summed E-state index contributed by atoms with van der Waals surface area (Å²) in [6, 6.07) is 1.04. The van der Waals surface area contributed by atoms with Crippen LogP contribution in [-0.4, -0.2) is 59.3 Å². The zero-order valence-corrected chi connectivity index (χ0v) is 16.6. The van der Waals surface area contributed by atoms with Crippen molar-refractivity contribution in [1.82, 2.24) is 10.2 Å². The first-order chi connectivity index (χ1) is 13.5. The molecule has 154 valence electrons. The molecule has 4 saturated heterocycles. The monoisotopic (exact) mass is 388 g/mol. The fourth-order valence-corrected chi connectivity index (χ4v) is 8.28. The number of aliphatic hydroxyl groups excluding tert-OH is 1. The molecule has 6 heteroatoms. The maximum Gasteiger partial charge on any atom is 0.335 e. The minimum atomic E-state index is -1.14. The van der Waals surface area contributed by atoms with Crippen molar-refractivity contribution in [2.75, 3.05) is 13.2 Å². The lowest BCUT2D eigenvalue weighted by Crippen LogP contribution is -2.65. The van der Waals surface area contributed by atoms with Gasteiger partial charge in [-0.25, -0.2) is 4.79 Å². The Labute approximate surface area is 166 Å². The van der Waals surface area contributed by atoms with Gasteiger partial charge in [-0.05, 0) is 61.7 Å². The van der Waals surface area contributed by atoms with Gasteiger partial charge in [0.1, 0.15) is 6.61 Å². The Morgan fingerprint density at radius 2 is 1.89 bits per heavy atom. The number of cyclic esters (lactones) is 1. The summed E-state index contributed by atoms with van der Waals surface area (Å²) in [7, 11) is 0. The number of piperidine rings is 2. The number of carbonyl (C=O) groups is 2. The van der Waals surface area contributed by atoms with Crippen LogP contribution in [0.2, 0.25) is 0 Å². The van der Waals surface area contributed by atoms with E-state index in [1.54, 1.807) is 0 Å². The second-order valence-electron chi connectivity index (χ2n) is 10.5.